The van der Waals surface area contributed by atoms with Crippen LogP contribution in [0.3, 0.4) is 0 Å². The third-order valence-corrected chi connectivity index (χ3v) is 5.29. The molecule has 1 amide bonds. The van der Waals surface area contributed by atoms with Crippen molar-refractivity contribution < 1.29 is 9.53 Å². The van der Waals surface area contributed by atoms with Crippen molar-refractivity contribution in [2.45, 2.75) is 25.3 Å². The number of H-pyrrole nitrogens is 1. The predicted molar refractivity (Wildman–Crippen MR) is 116 cm³/mol. The molecule has 0 bridgehead atoms. The number of benzene rings is 1. The maximum atomic E-state index is 12.0. The summed E-state index contributed by atoms with van der Waals surface area (Å²) in [6, 6.07) is 11.2. The van der Waals surface area contributed by atoms with Crippen LogP contribution in [-0.2, 0) is 11.3 Å². The number of nitrogens with one attached hydrogen (secondary N) is 3. The van der Waals surface area contributed by atoms with Crippen LogP contribution in [0.1, 0.15) is 40.4 Å². The van der Waals surface area contributed by atoms with E-state index in [1.54, 1.807) is 18.2 Å². The van der Waals surface area contributed by atoms with Gasteiger partial charge >= 0.3 is 0 Å². The van der Waals surface area contributed by atoms with Gasteiger partial charge in [-0.15, -0.1) is 0 Å². The molecule has 156 valence electrons. The number of nitrogens with two attached hydrogens (primary N) is 1. The summed E-state index contributed by atoms with van der Waals surface area (Å²) in [4.78, 5) is 16.6. The van der Waals surface area contributed by atoms with Gasteiger partial charge in [-0.3, -0.25) is 14.9 Å². The zero-order valence-electron chi connectivity index (χ0n) is 16.3. The Morgan fingerprint density at radius 2 is 2.10 bits per heavy atom. The Morgan fingerprint density at radius 3 is 2.80 bits per heavy atom. The fourth-order valence-electron chi connectivity index (χ4n) is 3.47. The molecule has 1 aliphatic rings. The van der Waals surface area contributed by atoms with E-state index in [-0.39, 0.29) is 5.56 Å². The van der Waals surface area contributed by atoms with Crippen molar-refractivity contribution in [2.24, 2.45) is 5.73 Å². The monoisotopic (exact) mass is 426 g/mol. The summed E-state index contributed by atoms with van der Waals surface area (Å²) in [5.74, 6) is 0.637. The van der Waals surface area contributed by atoms with E-state index in [9.17, 15) is 4.79 Å². The number of nitrogens with zero attached hydrogens (tertiary/aromatic N) is 2. The molecule has 4 rings (SSSR count). The molecule has 0 atom stereocenters. The van der Waals surface area contributed by atoms with Gasteiger partial charge in [-0.05, 0) is 42.7 Å². The first-order valence-electron chi connectivity index (χ1n) is 9.77. The topological polar surface area (TPSA) is 118 Å². The number of carbonyl (C=O) groups excluding carboxylic acids is 1. The Bertz CT molecular complexity index is 1010. The number of aromatic nitrogens is 3. The minimum atomic E-state index is -0.594. The molecule has 2 aromatic heterocycles. The molecule has 0 saturated carbocycles. The van der Waals surface area contributed by atoms with E-state index in [1.807, 2.05) is 18.3 Å². The van der Waals surface area contributed by atoms with E-state index in [2.05, 4.69) is 31.9 Å². The van der Waals surface area contributed by atoms with Crippen molar-refractivity contribution in [2.75, 3.05) is 23.8 Å². The van der Waals surface area contributed by atoms with Crippen molar-refractivity contribution in [1.29, 1.82) is 0 Å². The fraction of sp³-hybridized carbons (Fsp3) is 0.286. The third-order valence-electron chi connectivity index (χ3n) is 5.05. The zero-order chi connectivity index (χ0) is 20.9. The lowest BCUT2D eigenvalue weighted by Gasteiger charge is -2.21. The van der Waals surface area contributed by atoms with Crippen molar-refractivity contribution >= 4 is 34.8 Å². The maximum Gasteiger partial charge on any atom is 0.256 e. The summed E-state index contributed by atoms with van der Waals surface area (Å²) >= 11 is 6.01. The first-order chi connectivity index (χ1) is 14.6. The Hall–Kier alpha value is -3.10. The van der Waals surface area contributed by atoms with E-state index in [0.717, 1.165) is 37.3 Å². The summed E-state index contributed by atoms with van der Waals surface area (Å²) in [5.41, 5.74) is 8.63. The highest BCUT2D eigenvalue weighted by Gasteiger charge is 2.19. The number of hydrogen-bond donors (Lipinski definition) is 4. The summed E-state index contributed by atoms with van der Waals surface area (Å²) in [6.45, 7) is 2.04. The van der Waals surface area contributed by atoms with Crippen LogP contribution in [0.25, 0.3) is 0 Å². The van der Waals surface area contributed by atoms with E-state index in [4.69, 9.17) is 22.1 Å². The van der Waals surface area contributed by atoms with Gasteiger partial charge in [0.2, 0.25) is 0 Å². The summed E-state index contributed by atoms with van der Waals surface area (Å²) in [7, 11) is 0. The quantitative estimate of drug-likeness (QED) is 0.456. The molecule has 1 saturated heterocycles. The minimum Gasteiger partial charge on any atom is -0.381 e. The van der Waals surface area contributed by atoms with Crippen LogP contribution >= 0.6 is 11.6 Å². The summed E-state index contributed by atoms with van der Waals surface area (Å²) < 4.78 is 5.41. The van der Waals surface area contributed by atoms with Crippen LogP contribution in [0.5, 0.6) is 0 Å². The molecule has 0 spiro atoms. The molecule has 1 fully saturated rings. The fourth-order valence-corrected chi connectivity index (χ4v) is 3.66. The number of halogens is 1. The smallest absolute Gasteiger partial charge is 0.256 e. The van der Waals surface area contributed by atoms with Gasteiger partial charge in [0.1, 0.15) is 11.4 Å². The maximum absolute atomic E-state index is 12.0. The molecule has 0 radical (unpaired) electrons. The summed E-state index contributed by atoms with van der Waals surface area (Å²) in [5, 5.41) is 13.8. The highest BCUT2D eigenvalue weighted by molar-refractivity contribution is 6.30. The Morgan fingerprint density at radius 1 is 1.27 bits per heavy atom. The number of primary amides is 1. The molecule has 9 heteroatoms. The average molecular weight is 427 g/mol. The second-order valence-electron chi connectivity index (χ2n) is 7.15. The lowest BCUT2D eigenvalue weighted by atomic mass is 9.96. The first kappa shape index (κ1) is 20.2. The molecule has 0 unspecified atom stereocenters. The number of pyridine rings is 1. The third kappa shape index (κ3) is 4.72. The van der Waals surface area contributed by atoms with E-state index < -0.39 is 5.91 Å². The zero-order valence-corrected chi connectivity index (χ0v) is 17.1. The molecular formula is C21H23ClN6O2. The number of amides is 1. The number of aromatic amines is 1. The normalized spacial score (nSPS) is 14.4. The van der Waals surface area contributed by atoms with E-state index in [1.165, 1.54) is 0 Å². The van der Waals surface area contributed by atoms with Crippen LogP contribution in [0, 0.1) is 0 Å². The molecule has 8 nitrogen and oxygen atoms in total. The van der Waals surface area contributed by atoms with Gasteiger partial charge in [0.25, 0.3) is 5.91 Å². The highest BCUT2D eigenvalue weighted by Crippen LogP contribution is 2.27. The van der Waals surface area contributed by atoms with Crippen molar-refractivity contribution in [3.63, 3.8) is 0 Å². The molecule has 5 N–H and O–H groups in total. The number of rotatable bonds is 7. The van der Waals surface area contributed by atoms with Gasteiger partial charge in [-0.1, -0.05) is 23.7 Å². The molecular weight excluding hydrogens is 404 g/mol. The second kappa shape index (κ2) is 9.15. The lowest BCUT2D eigenvalue weighted by Crippen LogP contribution is -2.16. The van der Waals surface area contributed by atoms with Gasteiger partial charge in [0.15, 0.2) is 5.82 Å². The second-order valence-corrected chi connectivity index (χ2v) is 7.59. The van der Waals surface area contributed by atoms with Crippen molar-refractivity contribution in [3.05, 3.63) is 64.4 Å². The van der Waals surface area contributed by atoms with E-state index in [0.29, 0.717) is 34.8 Å². The molecule has 1 aromatic carbocycles. The Balaban J connectivity index is 1.44. The largest absolute Gasteiger partial charge is 0.381 e. The first-order valence-corrected chi connectivity index (χ1v) is 10.1. The van der Waals surface area contributed by atoms with Gasteiger partial charge in [0.05, 0.1) is 0 Å². The molecule has 3 heterocycles. The van der Waals surface area contributed by atoms with Gasteiger partial charge in [-0.25, -0.2) is 0 Å². The number of carbonyl (C=O) groups is 1. The van der Waals surface area contributed by atoms with Crippen LogP contribution in [0.15, 0.2) is 42.6 Å². The van der Waals surface area contributed by atoms with Crippen LogP contribution in [0.4, 0.5) is 17.3 Å². The van der Waals surface area contributed by atoms with Gasteiger partial charge < -0.3 is 21.1 Å². The van der Waals surface area contributed by atoms with Crippen LogP contribution < -0.4 is 16.4 Å². The van der Waals surface area contributed by atoms with Crippen LogP contribution in [0.2, 0.25) is 5.02 Å². The predicted octanol–water partition coefficient (Wildman–Crippen LogP) is 3.81. The van der Waals surface area contributed by atoms with Crippen molar-refractivity contribution in [3.8, 4) is 0 Å². The average Bonchev–Trinajstić information content (AvgIpc) is 3.16. The Labute approximate surface area is 179 Å². The molecule has 1 aliphatic heterocycles. The minimum absolute atomic E-state index is 0.252. The van der Waals surface area contributed by atoms with Crippen molar-refractivity contribution in [1.82, 2.24) is 15.2 Å². The summed E-state index contributed by atoms with van der Waals surface area (Å²) in [6.07, 6.45) is 3.85. The van der Waals surface area contributed by atoms with Gasteiger partial charge in [-0.2, -0.15) is 5.10 Å². The number of ether oxygens (including phenoxy) is 1. The standard InChI is InChI=1S/C21H23ClN6O2/c22-15-2-1-3-16(10-15)26-21-18(19(23)29)20(27-28-21)25-12-13-4-5-17(24-11-13)14-6-8-30-9-7-14/h1-5,10-11,14H,6-9,12H2,(H2,23,29)(H3,25,26,27,28). The number of anilines is 3. The lowest BCUT2D eigenvalue weighted by molar-refractivity contribution is 0.0845. The highest BCUT2D eigenvalue weighted by atomic mass is 35.5. The van der Waals surface area contributed by atoms with E-state index >= 15 is 0 Å². The molecule has 0 aliphatic carbocycles. The number of hydrogen-bond acceptors (Lipinski definition) is 6. The molecule has 30 heavy (non-hydrogen) atoms. The molecule has 3 aromatic rings. The van der Waals surface area contributed by atoms with Crippen LogP contribution in [-0.4, -0.2) is 34.3 Å². The van der Waals surface area contributed by atoms with Gasteiger partial charge in [0, 0.05) is 48.3 Å². The SMILES string of the molecule is NC(=O)c1c(NCc2ccc(C3CCOCC3)nc2)n[nH]c1Nc1cccc(Cl)c1. The Kier molecular flexibility index (Phi) is 6.15.